The molecule has 1 aliphatic rings. The smallest absolute Gasteiger partial charge is 0.408 e. The number of alkyl halides is 1. The maximum absolute atomic E-state index is 12.6. The maximum Gasteiger partial charge on any atom is 0.417 e. The third-order valence-electron chi connectivity index (χ3n) is 3.82. The summed E-state index contributed by atoms with van der Waals surface area (Å²) in [5, 5.41) is 0. The summed E-state index contributed by atoms with van der Waals surface area (Å²) in [6.45, 7) is 0.226. The molecule has 3 rings (SSSR count). The van der Waals surface area contributed by atoms with Crippen LogP contribution < -0.4 is 5.76 Å². The zero-order valence-electron chi connectivity index (χ0n) is 11.2. The van der Waals surface area contributed by atoms with Crippen LogP contribution in [-0.2, 0) is 10.0 Å². The van der Waals surface area contributed by atoms with E-state index in [4.69, 9.17) is 4.42 Å². The van der Waals surface area contributed by atoms with Gasteiger partial charge in [0, 0.05) is 13.1 Å². The number of H-pyrrole nitrogens is 1. The van der Waals surface area contributed by atoms with Crippen LogP contribution in [0.15, 0.2) is 32.3 Å². The Kier molecular flexibility index (Phi) is 3.58. The molecule has 0 saturated carbocycles. The van der Waals surface area contributed by atoms with E-state index in [1.54, 1.807) is 0 Å². The average Bonchev–Trinajstić information content (AvgIpc) is 2.86. The molecule has 6 nitrogen and oxygen atoms in total. The zero-order chi connectivity index (χ0) is 15.0. The van der Waals surface area contributed by atoms with Gasteiger partial charge in [0.15, 0.2) is 5.58 Å². The van der Waals surface area contributed by atoms with Crippen molar-refractivity contribution in [2.75, 3.05) is 19.8 Å². The SMILES string of the molecule is O=c1[nH]c2cc(S(=O)(=O)N3CCC(CF)CC3)ccc2o1. The molecule has 8 heteroatoms. The Hall–Kier alpha value is -1.67. The minimum atomic E-state index is -3.63. The molecule has 1 aromatic carbocycles. The lowest BCUT2D eigenvalue weighted by molar-refractivity contribution is 0.233. The number of aromatic nitrogens is 1. The van der Waals surface area contributed by atoms with Crippen molar-refractivity contribution in [2.24, 2.45) is 5.92 Å². The van der Waals surface area contributed by atoms with E-state index in [1.807, 2.05) is 0 Å². The molecule has 1 saturated heterocycles. The van der Waals surface area contributed by atoms with Gasteiger partial charge in [0.2, 0.25) is 10.0 Å². The summed E-state index contributed by atoms with van der Waals surface area (Å²) in [6.07, 6.45) is 1.06. The summed E-state index contributed by atoms with van der Waals surface area (Å²) in [6, 6.07) is 4.25. The van der Waals surface area contributed by atoms with Gasteiger partial charge in [0.1, 0.15) is 0 Å². The number of nitrogens with one attached hydrogen (secondary N) is 1. The molecule has 1 aliphatic heterocycles. The molecule has 0 amide bonds. The molecule has 114 valence electrons. The molecule has 2 heterocycles. The van der Waals surface area contributed by atoms with E-state index in [-0.39, 0.29) is 10.8 Å². The van der Waals surface area contributed by atoms with Crippen LogP contribution in [0, 0.1) is 5.92 Å². The lowest BCUT2D eigenvalue weighted by Crippen LogP contribution is -2.38. The van der Waals surface area contributed by atoms with Crippen molar-refractivity contribution in [3.63, 3.8) is 0 Å². The summed E-state index contributed by atoms with van der Waals surface area (Å²) >= 11 is 0. The molecule has 0 bridgehead atoms. The standard InChI is InChI=1S/C13H15FN2O4S/c14-8-9-3-5-16(6-4-9)21(18,19)10-1-2-12-11(7-10)15-13(17)20-12/h1-2,7,9H,3-6,8H2,(H,15,17). The fraction of sp³-hybridized carbons (Fsp3) is 0.462. The highest BCUT2D eigenvalue weighted by Crippen LogP contribution is 2.25. The number of hydrogen-bond acceptors (Lipinski definition) is 4. The normalized spacial score (nSPS) is 18.3. The number of sulfonamides is 1. The maximum atomic E-state index is 12.6. The van der Waals surface area contributed by atoms with Gasteiger partial charge < -0.3 is 4.42 Å². The lowest BCUT2D eigenvalue weighted by atomic mass is 10.0. The van der Waals surface area contributed by atoms with Gasteiger partial charge in [0.25, 0.3) is 0 Å². The zero-order valence-corrected chi connectivity index (χ0v) is 12.0. The second-order valence-corrected chi connectivity index (χ2v) is 7.11. The predicted molar refractivity (Wildman–Crippen MR) is 74.3 cm³/mol. The fourth-order valence-electron chi connectivity index (χ4n) is 2.54. The summed E-state index contributed by atoms with van der Waals surface area (Å²) < 4.78 is 43.9. The van der Waals surface area contributed by atoms with E-state index in [1.165, 1.54) is 22.5 Å². The molecule has 1 N–H and O–H groups in total. The quantitative estimate of drug-likeness (QED) is 0.930. The third kappa shape index (κ3) is 2.60. The third-order valence-corrected chi connectivity index (χ3v) is 5.71. The summed E-state index contributed by atoms with van der Waals surface area (Å²) in [7, 11) is -3.63. The minimum absolute atomic E-state index is 0.0517. The largest absolute Gasteiger partial charge is 0.417 e. The van der Waals surface area contributed by atoms with Crippen molar-refractivity contribution in [1.29, 1.82) is 0 Å². The second-order valence-electron chi connectivity index (χ2n) is 5.17. The Morgan fingerprint density at radius 1 is 1.33 bits per heavy atom. The monoisotopic (exact) mass is 314 g/mol. The predicted octanol–water partition coefficient (Wildman–Crippen LogP) is 1.49. The number of nitrogens with zero attached hydrogens (tertiary/aromatic N) is 1. The van der Waals surface area contributed by atoms with Crippen LogP contribution in [0.3, 0.4) is 0 Å². The van der Waals surface area contributed by atoms with Crippen LogP contribution in [0.25, 0.3) is 11.1 Å². The summed E-state index contributed by atoms with van der Waals surface area (Å²) in [4.78, 5) is 13.6. The Balaban J connectivity index is 1.91. The molecule has 21 heavy (non-hydrogen) atoms. The number of fused-ring (bicyclic) bond motifs is 1. The van der Waals surface area contributed by atoms with Crippen molar-refractivity contribution < 1.29 is 17.2 Å². The minimum Gasteiger partial charge on any atom is -0.408 e. The van der Waals surface area contributed by atoms with Gasteiger partial charge in [-0.05, 0) is 37.0 Å². The highest BCUT2D eigenvalue weighted by Gasteiger charge is 2.29. The van der Waals surface area contributed by atoms with Gasteiger partial charge in [-0.3, -0.25) is 9.37 Å². The van der Waals surface area contributed by atoms with Crippen LogP contribution in [0.1, 0.15) is 12.8 Å². The molecule has 2 aromatic rings. The Bertz CT molecular complexity index is 803. The van der Waals surface area contributed by atoms with Gasteiger partial charge in [-0.15, -0.1) is 0 Å². The average molecular weight is 314 g/mol. The molecule has 1 fully saturated rings. The van der Waals surface area contributed by atoms with Crippen LogP contribution in [-0.4, -0.2) is 37.5 Å². The lowest BCUT2D eigenvalue weighted by Gasteiger charge is -2.29. The molecular weight excluding hydrogens is 299 g/mol. The van der Waals surface area contributed by atoms with Crippen LogP contribution >= 0.6 is 0 Å². The van der Waals surface area contributed by atoms with E-state index in [2.05, 4.69) is 4.98 Å². The number of piperidine rings is 1. The first-order valence-corrected chi connectivity index (χ1v) is 8.13. The van der Waals surface area contributed by atoms with Crippen molar-refractivity contribution in [2.45, 2.75) is 17.7 Å². The Morgan fingerprint density at radius 2 is 2.05 bits per heavy atom. The molecule has 0 spiro atoms. The first-order chi connectivity index (χ1) is 10.0. The van der Waals surface area contributed by atoms with Gasteiger partial charge in [0.05, 0.1) is 17.1 Å². The molecule has 0 unspecified atom stereocenters. The van der Waals surface area contributed by atoms with Gasteiger partial charge >= 0.3 is 5.76 Å². The number of oxazole rings is 1. The van der Waals surface area contributed by atoms with E-state index in [0.29, 0.717) is 37.0 Å². The Morgan fingerprint density at radius 3 is 2.71 bits per heavy atom. The van der Waals surface area contributed by atoms with Crippen LogP contribution in [0.5, 0.6) is 0 Å². The highest BCUT2D eigenvalue weighted by atomic mass is 32.2. The molecule has 0 aliphatic carbocycles. The van der Waals surface area contributed by atoms with Gasteiger partial charge in [-0.25, -0.2) is 13.2 Å². The molecule has 0 radical (unpaired) electrons. The highest BCUT2D eigenvalue weighted by molar-refractivity contribution is 7.89. The number of halogens is 1. The Labute approximate surface area is 120 Å². The molecule has 1 aromatic heterocycles. The van der Waals surface area contributed by atoms with Crippen molar-refractivity contribution in [3.05, 3.63) is 28.7 Å². The molecular formula is C13H15FN2O4S. The van der Waals surface area contributed by atoms with Crippen molar-refractivity contribution >= 4 is 21.1 Å². The van der Waals surface area contributed by atoms with E-state index in [0.717, 1.165) is 0 Å². The number of benzene rings is 1. The summed E-state index contributed by atoms with van der Waals surface area (Å²) in [5.74, 6) is -0.674. The number of aromatic amines is 1. The van der Waals surface area contributed by atoms with Gasteiger partial charge in [-0.2, -0.15) is 4.31 Å². The number of rotatable bonds is 3. The second kappa shape index (κ2) is 5.27. The first kappa shape index (κ1) is 14.3. The number of hydrogen-bond donors (Lipinski definition) is 1. The topological polar surface area (TPSA) is 83.4 Å². The van der Waals surface area contributed by atoms with Crippen LogP contribution in [0.2, 0.25) is 0 Å². The van der Waals surface area contributed by atoms with Crippen molar-refractivity contribution in [1.82, 2.24) is 9.29 Å². The van der Waals surface area contributed by atoms with Gasteiger partial charge in [-0.1, -0.05) is 0 Å². The van der Waals surface area contributed by atoms with Crippen molar-refractivity contribution in [3.8, 4) is 0 Å². The molecule has 0 atom stereocenters. The van der Waals surface area contributed by atoms with Crippen LogP contribution in [0.4, 0.5) is 4.39 Å². The van der Waals surface area contributed by atoms with E-state index in [9.17, 15) is 17.6 Å². The van der Waals surface area contributed by atoms with E-state index >= 15 is 0 Å². The van der Waals surface area contributed by atoms with E-state index < -0.39 is 22.5 Å². The summed E-state index contributed by atoms with van der Waals surface area (Å²) in [5.41, 5.74) is 0.662. The fourth-order valence-corrected chi connectivity index (χ4v) is 4.04. The first-order valence-electron chi connectivity index (χ1n) is 6.69.